The molecule has 0 aliphatic carbocycles. The third kappa shape index (κ3) is 1.84. The molecular formula is C13H12N2O. The first-order valence-corrected chi connectivity index (χ1v) is 5.07. The van der Waals surface area contributed by atoms with Gasteiger partial charge in [0.05, 0.1) is 5.69 Å². The lowest BCUT2D eigenvalue weighted by Crippen LogP contribution is -1.99. The summed E-state index contributed by atoms with van der Waals surface area (Å²) in [6, 6.07) is 5.45. The molecule has 3 nitrogen and oxygen atoms in total. The average Bonchev–Trinajstić information content (AvgIpc) is 2.29. The smallest absolute Gasteiger partial charge is 0.161 e. The third-order valence-corrected chi connectivity index (χ3v) is 2.46. The lowest BCUT2D eigenvalue weighted by atomic mass is 10.0. The molecule has 2 rings (SSSR count). The molecule has 0 bridgehead atoms. The Morgan fingerprint density at radius 3 is 2.75 bits per heavy atom. The average molecular weight is 212 g/mol. The second-order valence-electron chi connectivity index (χ2n) is 3.65. The van der Waals surface area contributed by atoms with Crippen molar-refractivity contribution in [1.29, 1.82) is 0 Å². The number of carbonyl (C=O) groups is 1. The van der Waals surface area contributed by atoms with Gasteiger partial charge in [-0.25, -0.2) is 0 Å². The second kappa shape index (κ2) is 4.23. The fourth-order valence-electron chi connectivity index (χ4n) is 1.64. The molecule has 0 aromatic carbocycles. The van der Waals surface area contributed by atoms with E-state index in [1.807, 2.05) is 13.0 Å². The molecule has 2 aromatic rings. The van der Waals surface area contributed by atoms with E-state index in [1.165, 1.54) is 0 Å². The zero-order chi connectivity index (χ0) is 11.5. The predicted octanol–water partition coefficient (Wildman–Crippen LogP) is 2.65. The van der Waals surface area contributed by atoms with E-state index in [-0.39, 0.29) is 5.78 Å². The molecule has 0 N–H and O–H groups in total. The first-order valence-electron chi connectivity index (χ1n) is 5.07. The summed E-state index contributed by atoms with van der Waals surface area (Å²) in [5.74, 6) is 0.0271. The summed E-state index contributed by atoms with van der Waals surface area (Å²) < 4.78 is 0. The number of aryl methyl sites for hydroxylation is 1. The monoisotopic (exact) mass is 212 g/mol. The highest BCUT2D eigenvalue weighted by Crippen LogP contribution is 2.23. The van der Waals surface area contributed by atoms with Crippen LogP contribution >= 0.6 is 0 Å². The summed E-state index contributed by atoms with van der Waals surface area (Å²) in [4.78, 5) is 19.8. The van der Waals surface area contributed by atoms with Crippen LogP contribution in [0.5, 0.6) is 0 Å². The van der Waals surface area contributed by atoms with Gasteiger partial charge in [0.25, 0.3) is 0 Å². The van der Waals surface area contributed by atoms with E-state index in [9.17, 15) is 4.79 Å². The van der Waals surface area contributed by atoms with Gasteiger partial charge >= 0.3 is 0 Å². The van der Waals surface area contributed by atoms with Crippen LogP contribution in [0.25, 0.3) is 11.3 Å². The van der Waals surface area contributed by atoms with Gasteiger partial charge < -0.3 is 0 Å². The van der Waals surface area contributed by atoms with Crippen molar-refractivity contribution in [2.75, 3.05) is 0 Å². The molecule has 0 atom stereocenters. The number of hydrogen-bond donors (Lipinski definition) is 0. The zero-order valence-electron chi connectivity index (χ0n) is 9.27. The molecule has 0 unspecified atom stereocenters. The summed E-state index contributed by atoms with van der Waals surface area (Å²) in [6.45, 7) is 3.51. The van der Waals surface area contributed by atoms with Gasteiger partial charge in [-0.15, -0.1) is 0 Å². The van der Waals surface area contributed by atoms with Gasteiger partial charge in [0.15, 0.2) is 5.78 Å². The molecule has 0 saturated heterocycles. The zero-order valence-corrected chi connectivity index (χ0v) is 9.27. The maximum absolute atomic E-state index is 11.5. The van der Waals surface area contributed by atoms with Crippen molar-refractivity contribution >= 4 is 5.78 Å². The Bertz CT molecular complexity index is 535. The fourth-order valence-corrected chi connectivity index (χ4v) is 1.64. The number of nitrogens with zero attached hydrogens (tertiary/aromatic N) is 2. The Morgan fingerprint density at radius 1 is 1.25 bits per heavy atom. The Morgan fingerprint density at radius 2 is 2.06 bits per heavy atom. The van der Waals surface area contributed by atoms with E-state index in [0.29, 0.717) is 5.56 Å². The number of aromatic nitrogens is 2. The van der Waals surface area contributed by atoms with E-state index in [2.05, 4.69) is 9.97 Å². The lowest BCUT2D eigenvalue weighted by Gasteiger charge is -2.07. The van der Waals surface area contributed by atoms with Crippen molar-refractivity contribution in [2.45, 2.75) is 13.8 Å². The van der Waals surface area contributed by atoms with Crippen LogP contribution in [0, 0.1) is 6.92 Å². The molecule has 2 heterocycles. The van der Waals surface area contributed by atoms with Crippen LogP contribution in [0.15, 0.2) is 36.8 Å². The normalized spacial score (nSPS) is 10.1. The number of ketones is 1. The quantitative estimate of drug-likeness (QED) is 0.719. The predicted molar refractivity (Wildman–Crippen MR) is 62.2 cm³/mol. The highest BCUT2D eigenvalue weighted by atomic mass is 16.1. The molecule has 80 valence electrons. The molecule has 0 fully saturated rings. The van der Waals surface area contributed by atoms with Gasteiger partial charge in [-0.1, -0.05) is 0 Å². The molecule has 0 radical (unpaired) electrons. The first kappa shape index (κ1) is 10.5. The Hall–Kier alpha value is -2.03. The topological polar surface area (TPSA) is 42.9 Å². The van der Waals surface area contributed by atoms with Crippen molar-refractivity contribution in [3.63, 3.8) is 0 Å². The van der Waals surface area contributed by atoms with E-state index in [0.717, 1.165) is 16.8 Å². The summed E-state index contributed by atoms with van der Waals surface area (Å²) in [5, 5.41) is 0. The van der Waals surface area contributed by atoms with Gasteiger partial charge in [0.2, 0.25) is 0 Å². The van der Waals surface area contributed by atoms with Crippen LogP contribution in [0.1, 0.15) is 22.8 Å². The van der Waals surface area contributed by atoms with Gasteiger partial charge in [-0.2, -0.15) is 0 Å². The molecule has 3 heteroatoms. The van der Waals surface area contributed by atoms with E-state index in [4.69, 9.17) is 0 Å². The van der Waals surface area contributed by atoms with Crippen molar-refractivity contribution in [3.8, 4) is 11.3 Å². The van der Waals surface area contributed by atoms with Crippen LogP contribution in [-0.4, -0.2) is 15.8 Å². The second-order valence-corrected chi connectivity index (χ2v) is 3.65. The minimum atomic E-state index is 0.0271. The van der Waals surface area contributed by atoms with Crippen molar-refractivity contribution in [2.24, 2.45) is 0 Å². The van der Waals surface area contributed by atoms with Crippen LogP contribution < -0.4 is 0 Å². The lowest BCUT2D eigenvalue weighted by molar-refractivity contribution is 0.101. The van der Waals surface area contributed by atoms with Gasteiger partial charge in [0.1, 0.15) is 0 Å². The van der Waals surface area contributed by atoms with Gasteiger partial charge in [-0.3, -0.25) is 14.8 Å². The minimum Gasteiger partial charge on any atom is -0.294 e. The Labute approximate surface area is 94.2 Å². The van der Waals surface area contributed by atoms with E-state index >= 15 is 0 Å². The Kier molecular flexibility index (Phi) is 2.77. The number of rotatable bonds is 2. The molecule has 0 amide bonds. The standard InChI is InChI=1S/C13H12N2O/c1-9-8-14-7-5-11(9)13-12(10(2)16)4-3-6-15-13/h3-8H,1-2H3. The molecule has 0 spiro atoms. The van der Waals surface area contributed by atoms with E-state index in [1.54, 1.807) is 37.6 Å². The van der Waals surface area contributed by atoms with Crippen LogP contribution in [-0.2, 0) is 0 Å². The van der Waals surface area contributed by atoms with Crippen LogP contribution in [0.2, 0.25) is 0 Å². The first-order chi connectivity index (χ1) is 7.70. The molecule has 0 saturated carbocycles. The van der Waals surface area contributed by atoms with Crippen molar-refractivity contribution in [3.05, 3.63) is 47.9 Å². The molecule has 0 aliphatic rings. The highest BCUT2D eigenvalue weighted by Gasteiger charge is 2.11. The van der Waals surface area contributed by atoms with Gasteiger partial charge in [0, 0.05) is 29.7 Å². The van der Waals surface area contributed by atoms with Gasteiger partial charge in [-0.05, 0) is 37.6 Å². The SMILES string of the molecule is CC(=O)c1cccnc1-c1ccncc1C. The highest BCUT2D eigenvalue weighted by molar-refractivity contribution is 5.99. The van der Waals surface area contributed by atoms with E-state index < -0.39 is 0 Å². The number of Topliss-reactive ketones (excluding diaryl/α,β-unsaturated/α-hetero) is 1. The molecular weight excluding hydrogens is 200 g/mol. The fraction of sp³-hybridized carbons (Fsp3) is 0.154. The maximum atomic E-state index is 11.5. The Balaban J connectivity index is 2.65. The van der Waals surface area contributed by atoms with Crippen molar-refractivity contribution < 1.29 is 4.79 Å². The summed E-state index contributed by atoms with van der Waals surface area (Å²) in [5.41, 5.74) is 3.36. The summed E-state index contributed by atoms with van der Waals surface area (Å²) >= 11 is 0. The third-order valence-electron chi connectivity index (χ3n) is 2.46. The van der Waals surface area contributed by atoms with Crippen LogP contribution in [0.4, 0.5) is 0 Å². The molecule has 0 aliphatic heterocycles. The number of carbonyl (C=O) groups excluding carboxylic acids is 1. The largest absolute Gasteiger partial charge is 0.294 e. The van der Waals surface area contributed by atoms with Crippen molar-refractivity contribution in [1.82, 2.24) is 9.97 Å². The number of hydrogen-bond acceptors (Lipinski definition) is 3. The van der Waals surface area contributed by atoms with Crippen LogP contribution in [0.3, 0.4) is 0 Å². The number of pyridine rings is 2. The summed E-state index contributed by atoms with van der Waals surface area (Å²) in [6.07, 6.45) is 5.18. The molecule has 2 aromatic heterocycles. The maximum Gasteiger partial charge on any atom is 0.161 e. The minimum absolute atomic E-state index is 0.0271. The molecule has 16 heavy (non-hydrogen) atoms. The summed E-state index contributed by atoms with van der Waals surface area (Å²) in [7, 11) is 0.